The Balaban J connectivity index is 1.89. The number of benzene rings is 1. The van der Waals surface area contributed by atoms with E-state index in [0.29, 0.717) is 13.0 Å². The first-order valence-corrected chi connectivity index (χ1v) is 7.22. The lowest BCUT2D eigenvalue weighted by Crippen LogP contribution is -2.42. The van der Waals surface area contributed by atoms with Crippen molar-refractivity contribution in [3.8, 4) is 5.75 Å². The maximum atomic E-state index is 12.1. The van der Waals surface area contributed by atoms with Crippen LogP contribution in [0.1, 0.15) is 44.2 Å². The van der Waals surface area contributed by atoms with Crippen molar-refractivity contribution in [1.29, 1.82) is 0 Å². The Kier molecular flexibility index (Phi) is 4.65. The molecule has 0 spiro atoms. The lowest BCUT2D eigenvalue weighted by molar-refractivity contribution is -0.125. The van der Waals surface area contributed by atoms with E-state index in [1.54, 1.807) is 7.11 Å². The maximum Gasteiger partial charge on any atom is 0.221 e. The zero-order valence-corrected chi connectivity index (χ0v) is 12.3. The number of hydrogen-bond acceptors (Lipinski definition) is 3. The number of rotatable bonds is 6. The Morgan fingerprint density at radius 2 is 2.05 bits per heavy atom. The summed E-state index contributed by atoms with van der Waals surface area (Å²) in [7, 11) is 1.64. The van der Waals surface area contributed by atoms with Crippen molar-refractivity contribution in [2.24, 2.45) is 11.1 Å². The quantitative estimate of drug-likeness (QED) is 0.838. The number of amides is 1. The van der Waals surface area contributed by atoms with E-state index in [9.17, 15) is 4.79 Å². The maximum absolute atomic E-state index is 12.1. The van der Waals surface area contributed by atoms with E-state index >= 15 is 0 Å². The molecule has 0 saturated heterocycles. The molecule has 0 aliphatic heterocycles. The molecule has 1 aromatic carbocycles. The Bertz CT molecular complexity index is 447. The molecule has 0 aromatic heterocycles. The van der Waals surface area contributed by atoms with Gasteiger partial charge in [-0.1, -0.05) is 18.6 Å². The van der Waals surface area contributed by atoms with E-state index in [4.69, 9.17) is 10.5 Å². The Labute approximate surface area is 120 Å². The highest BCUT2D eigenvalue weighted by molar-refractivity contribution is 5.77. The van der Waals surface area contributed by atoms with Gasteiger partial charge in [0.2, 0.25) is 5.91 Å². The van der Waals surface area contributed by atoms with Crippen LogP contribution in [0.2, 0.25) is 0 Å². The third-order valence-electron chi connectivity index (χ3n) is 4.38. The summed E-state index contributed by atoms with van der Waals surface area (Å²) < 4.78 is 5.13. The van der Waals surface area contributed by atoms with Gasteiger partial charge < -0.3 is 15.8 Å². The third kappa shape index (κ3) is 3.31. The first-order chi connectivity index (χ1) is 9.58. The van der Waals surface area contributed by atoms with Crippen molar-refractivity contribution in [3.05, 3.63) is 29.8 Å². The van der Waals surface area contributed by atoms with Crippen LogP contribution in [0, 0.1) is 5.41 Å². The summed E-state index contributed by atoms with van der Waals surface area (Å²) in [5.74, 6) is 0.919. The Morgan fingerprint density at radius 3 is 2.50 bits per heavy atom. The summed E-state index contributed by atoms with van der Waals surface area (Å²) in [6, 6.07) is 7.78. The molecule has 0 radical (unpaired) electrons. The van der Waals surface area contributed by atoms with Crippen LogP contribution in [-0.2, 0) is 4.79 Å². The van der Waals surface area contributed by atoms with Crippen molar-refractivity contribution in [3.63, 3.8) is 0 Å². The summed E-state index contributed by atoms with van der Waals surface area (Å²) >= 11 is 0. The van der Waals surface area contributed by atoms with Crippen LogP contribution in [0.3, 0.4) is 0 Å². The molecule has 1 aliphatic rings. The molecule has 1 amide bonds. The smallest absolute Gasteiger partial charge is 0.221 e. The van der Waals surface area contributed by atoms with Gasteiger partial charge in [-0.15, -0.1) is 0 Å². The molecule has 2 rings (SSSR count). The first kappa shape index (κ1) is 14.9. The fraction of sp³-hybridized carbons (Fsp3) is 0.562. The highest BCUT2D eigenvalue weighted by Crippen LogP contribution is 2.42. The highest BCUT2D eigenvalue weighted by Gasteiger charge is 2.37. The van der Waals surface area contributed by atoms with Gasteiger partial charge in [0, 0.05) is 6.42 Å². The molecule has 3 N–H and O–H groups in total. The Hall–Kier alpha value is -1.55. The number of nitrogens with two attached hydrogens (primary N) is 1. The van der Waals surface area contributed by atoms with Crippen molar-refractivity contribution in [2.45, 2.75) is 38.6 Å². The molecule has 4 nitrogen and oxygen atoms in total. The minimum Gasteiger partial charge on any atom is -0.497 e. The van der Waals surface area contributed by atoms with Crippen molar-refractivity contribution in [1.82, 2.24) is 5.32 Å². The number of ether oxygens (including phenoxy) is 1. The van der Waals surface area contributed by atoms with Crippen molar-refractivity contribution >= 4 is 5.91 Å². The lowest BCUT2D eigenvalue weighted by Gasteiger charge is -2.40. The molecule has 1 atom stereocenters. The molecular formula is C16H24N2O2. The van der Waals surface area contributed by atoms with Crippen LogP contribution in [0.15, 0.2) is 24.3 Å². The van der Waals surface area contributed by atoms with E-state index in [0.717, 1.165) is 24.2 Å². The second kappa shape index (κ2) is 6.27. The predicted molar refractivity (Wildman–Crippen MR) is 79.5 cm³/mol. The van der Waals surface area contributed by atoms with Crippen LogP contribution < -0.4 is 15.8 Å². The molecule has 0 bridgehead atoms. The highest BCUT2D eigenvalue weighted by atomic mass is 16.5. The van der Waals surface area contributed by atoms with Gasteiger partial charge in [0.15, 0.2) is 0 Å². The molecular weight excluding hydrogens is 252 g/mol. The molecule has 0 unspecified atom stereocenters. The van der Waals surface area contributed by atoms with Crippen molar-refractivity contribution < 1.29 is 9.53 Å². The fourth-order valence-electron chi connectivity index (χ4n) is 2.74. The SMILES string of the molecule is COc1ccc([C@H](C)NC(=O)CC2(CN)CCC2)cc1. The van der Waals surface area contributed by atoms with Crippen LogP contribution in [0.4, 0.5) is 0 Å². The van der Waals surface area contributed by atoms with Gasteiger partial charge in [-0.05, 0) is 49.4 Å². The lowest BCUT2D eigenvalue weighted by atomic mass is 9.66. The number of nitrogens with one attached hydrogen (secondary N) is 1. The van der Waals surface area contributed by atoms with Gasteiger partial charge in [-0.2, -0.15) is 0 Å². The van der Waals surface area contributed by atoms with E-state index in [1.165, 1.54) is 6.42 Å². The van der Waals surface area contributed by atoms with Gasteiger partial charge >= 0.3 is 0 Å². The monoisotopic (exact) mass is 276 g/mol. The summed E-state index contributed by atoms with van der Waals surface area (Å²) in [4.78, 5) is 12.1. The molecule has 4 heteroatoms. The van der Waals surface area contributed by atoms with Gasteiger partial charge in [-0.3, -0.25) is 4.79 Å². The van der Waals surface area contributed by atoms with Crippen LogP contribution in [0.5, 0.6) is 5.75 Å². The van der Waals surface area contributed by atoms with Crippen LogP contribution >= 0.6 is 0 Å². The summed E-state index contributed by atoms with van der Waals surface area (Å²) in [5.41, 5.74) is 6.93. The molecule has 20 heavy (non-hydrogen) atoms. The average molecular weight is 276 g/mol. The van der Waals surface area contributed by atoms with Gasteiger partial charge in [0.05, 0.1) is 13.2 Å². The number of methoxy groups -OCH3 is 1. The minimum absolute atomic E-state index is 0.00306. The molecule has 1 fully saturated rings. The molecule has 1 saturated carbocycles. The standard InChI is InChI=1S/C16H24N2O2/c1-12(13-4-6-14(20-2)7-5-13)18-15(19)10-16(11-17)8-3-9-16/h4-7,12H,3,8-11,17H2,1-2H3,(H,18,19)/t12-/m0/s1. The number of carbonyl (C=O) groups excluding carboxylic acids is 1. The summed E-state index contributed by atoms with van der Waals surface area (Å²) in [6.07, 6.45) is 3.89. The topological polar surface area (TPSA) is 64.3 Å². The third-order valence-corrected chi connectivity index (χ3v) is 4.38. The van der Waals surface area contributed by atoms with Crippen LogP contribution in [-0.4, -0.2) is 19.6 Å². The molecule has 110 valence electrons. The fourth-order valence-corrected chi connectivity index (χ4v) is 2.74. The Morgan fingerprint density at radius 1 is 1.40 bits per heavy atom. The van der Waals surface area contributed by atoms with Crippen LogP contribution in [0.25, 0.3) is 0 Å². The van der Waals surface area contributed by atoms with Gasteiger partial charge in [-0.25, -0.2) is 0 Å². The van der Waals surface area contributed by atoms with E-state index in [2.05, 4.69) is 5.32 Å². The summed E-state index contributed by atoms with van der Waals surface area (Å²) in [6.45, 7) is 2.60. The largest absolute Gasteiger partial charge is 0.497 e. The van der Waals surface area contributed by atoms with Crippen molar-refractivity contribution in [2.75, 3.05) is 13.7 Å². The number of hydrogen-bond donors (Lipinski definition) is 2. The number of carbonyl (C=O) groups is 1. The van der Waals surface area contributed by atoms with E-state index in [-0.39, 0.29) is 17.4 Å². The molecule has 0 heterocycles. The van der Waals surface area contributed by atoms with E-state index in [1.807, 2.05) is 31.2 Å². The minimum atomic E-state index is 0.00306. The van der Waals surface area contributed by atoms with E-state index < -0.39 is 0 Å². The average Bonchev–Trinajstić information content (AvgIpc) is 2.43. The molecule has 1 aliphatic carbocycles. The zero-order chi connectivity index (χ0) is 14.6. The first-order valence-electron chi connectivity index (χ1n) is 7.22. The summed E-state index contributed by atoms with van der Waals surface area (Å²) in [5, 5.41) is 3.06. The normalized spacial score (nSPS) is 17.9. The van der Waals surface area contributed by atoms with Gasteiger partial charge in [0.25, 0.3) is 0 Å². The second-order valence-corrected chi connectivity index (χ2v) is 5.80. The second-order valence-electron chi connectivity index (χ2n) is 5.80. The van der Waals surface area contributed by atoms with Gasteiger partial charge in [0.1, 0.15) is 5.75 Å². The predicted octanol–water partition coefficient (Wildman–Crippen LogP) is 2.39. The zero-order valence-electron chi connectivity index (χ0n) is 12.3. The molecule has 1 aromatic rings.